The molecule has 0 bridgehead atoms. The summed E-state index contributed by atoms with van der Waals surface area (Å²) < 4.78 is 26.8. The summed E-state index contributed by atoms with van der Waals surface area (Å²) in [6, 6.07) is 9.78. The SMILES string of the molecule is Cc1cn2cc(NC(=O)c3ccccc3S(=O)(=O)C(C)C)ccc2n1. The standard InChI is InChI=1S/C18H19N3O3S/c1-12(2)25(23,24)16-7-5-4-6-15(16)18(22)20-14-8-9-17-19-13(3)10-21(17)11-14/h4-12H,1-3H3,(H,20,22). The maximum Gasteiger partial charge on any atom is 0.257 e. The minimum absolute atomic E-state index is 0.0436. The summed E-state index contributed by atoms with van der Waals surface area (Å²) in [5.74, 6) is -0.462. The number of fused-ring (bicyclic) bond motifs is 1. The molecule has 7 heteroatoms. The van der Waals surface area contributed by atoms with Crippen molar-refractivity contribution in [3.8, 4) is 0 Å². The van der Waals surface area contributed by atoms with Crippen molar-refractivity contribution < 1.29 is 13.2 Å². The van der Waals surface area contributed by atoms with Gasteiger partial charge in [-0.15, -0.1) is 0 Å². The van der Waals surface area contributed by atoms with Crippen LogP contribution in [0.2, 0.25) is 0 Å². The molecular formula is C18H19N3O3S. The lowest BCUT2D eigenvalue weighted by molar-refractivity contribution is 0.102. The Labute approximate surface area is 146 Å². The van der Waals surface area contributed by atoms with Gasteiger partial charge in [0.05, 0.1) is 27.1 Å². The van der Waals surface area contributed by atoms with Crippen LogP contribution in [-0.4, -0.2) is 29.0 Å². The number of anilines is 1. The van der Waals surface area contributed by atoms with E-state index in [-0.39, 0.29) is 10.5 Å². The highest BCUT2D eigenvalue weighted by Gasteiger charge is 2.25. The number of carbonyl (C=O) groups excluding carboxylic acids is 1. The molecule has 3 rings (SSSR count). The Morgan fingerprint density at radius 1 is 1.12 bits per heavy atom. The lowest BCUT2D eigenvalue weighted by Gasteiger charge is -2.13. The summed E-state index contributed by atoms with van der Waals surface area (Å²) in [5, 5.41) is 2.15. The van der Waals surface area contributed by atoms with Gasteiger partial charge in [0.1, 0.15) is 5.65 Å². The Morgan fingerprint density at radius 2 is 1.84 bits per heavy atom. The van der Waals surface area contributed by atoms with Gasteiger partial charge < -0.3 is 9.72 Å². The van der Waals surface area contributed by atoms with E-state index in [1.54, 1.807) is 44.3 Å². The first-order valence-corrected chi connectivity index (χ1v) is 9.43. The van der Waals surface area contributed by atoms with Crippen molar-refractivity contribution in [1.29, 1.82) is 0 Å². The Balaban J connectivity index is 1.96. The number of aryl methyl sites for hydroxylation is 1. The largest absolute Gasteiger partial charge is 0.321 e. The molecule has 0 saturated carbocycles. The minimum Gasteiger partial charge on any atom is -0.321 e. The molecular weight excluding hydrogens is 338 g/mol. The van der Waals surface area contributed by atoms with Crippen LogP contribution in [0.4, 0.5) is 5.69 Å². The second-order valence-electron chi connectivity index (χ2n) is 6.11. The minimum atomic E-state index is -3.55. The van der Waals surface area contributed by atoms with Crippen molar-refractivity contribution in [2.45, 2.75) is 30.9 Å². The summed E-state index contributed by atoms with van der Waals surface area (Å²) in [7, 11) is -3.55. The van der Waals surface area contributed by atoms with E-state index in [0.29, 0.717) is 5.69 Å². The van der Waals surface area contributed by atoms with E-state index in [0.717, 1.165) is 11.3 Å². The fourth-order valence-electron chi connectivity index (χ4n) is 2.55. The molecule has 0 unspecified atom stereocenters. The first kappa shape index (κ1) is 17.2. The molecule has 130 valence electrons. The monoisotopic (exact) mass is 357 g/mol. The van der Waals surface area contributed by atoms with E-state index in [2.05, 4.69) is 10.3 Å². The van der Waals surface area contributed by atoms with E-state index < -0.39 is 21.0 Å². The zero-order chi connectivity index (χ0) is 18.2. The topological polar surface area (TPSA) is 80.5 Å². The van der Waals surface area contributed by atoms with E-state index in [1.165, 1.54) is 12.1 Å². The highest BCUT2D eigenvalue weighted by atomic mass is 32.2. The van der Waals surface area contributed by atoms with Crippen LogP contribution in [0.5, 0.6) is 0 Å². The van der Waals surface area contributed by atoms with Crippen molar-refractivity contribution in [1.82, 2.24) is 9.38 Å². The molecule has 1 aromatic carbocycles. The number of aromatic nitrogens is 2. The molecule has 0 spiro atoms. The van der Waals surface area contributed by atoms with E-state index in [4.69, 9.17) is 0 Å². The Morgan fingerprint density at radius 3 is 2.56 bits per heavy atom. The first-order valence-electron chi connectivity index (χ1n) is 7.88. The predicted octanol–water partition coefficient (Wildman–Crippen LogP) is 3.08. The van der Waals surface area contributed by atoms with Gasteiger partial charge in [0, 0.05) is 12.4 Å². The van der Waals surface area contributed by atoms with Crippen molar-refractivity contribution in [3.05, 3.63) is 60.0 Å². The van der Waals surface area contributed by atoms with Crippen LogP contribution in [0, 0.1) is 6.92 Å². The average molecular weight is 357 g/mol. The van der Waals surface area contributed by atoms with Crippen LogP contribution in [0.1, 0.15) is 29.9 Å². The molecule has 0 aliphatic heterocycles. The molecule has 1 amide bonds. The van der Waals surface area contributed by atoms with Gasteiger partial charge in [-0.3, -0.25) is 4.79 Å². The predicted molar refractivity (Wildman–Crippen MR) is 96.6 cm³/mol. The zero-order valence-corrected chi connectivity index (χ0v) is 15.0. The molecule has 1 N–H and O–H groups in total. The number of hydrogen-bond donors (Lipinski definition) is 1. The molecule has 2 heterocycles. The second kappa shape index (κ2) is 6.33. The number of imidazole rings is 1. The van der Waals surface area contributed by atoms with Gasteiger partial charge in [0.2, 0.25) is 0 Å². The van der Waals surface area contributed by atoms with Crippen LogP contribution in [0.3, 0.4) is 0 Å². The zero-order valence-electron chi connectivity index (χ0n) is 14.2. The number of benzene rings is 1. The van der Waals surface area contributed by atoms with Crippen molar-refractivity contribution in [3.63, 3.8) is 0 Å². The molecule has 25 heavy (non-hydrogen) atoms. The number of carbonyl (C=O) groups is 1. The van der Waals surface area contributed by atoms with E-state index in [9.17, 15) is 13.2 Å². The fraction of sp³-hybridized carbons (Fsp3) is 0.222. The van der Waals surface area contributed by atoms with Gasteiger partial charge in [-0.1, -0.05) is 12.1 Å². The van der Waals surface area contributed by atoms with Crippen molar-refractivity contribution >= 4 is 27.1 Å². The van der Waals surface area contributed by atoms with Gasteiger partial charge in [0.25, 0.3) is 5.91 Å². The number of amides is 1. The van der Waals surface area contributed by atoms with Gasteiger partial charge in [-0.2, -0.15) is 0 Å². The molecule has 2 aromatic heterocycles. The highest BCUT2D eigenvalue weighted by Crippen LogP contribution is 2.22. The summed E-state index contributed by atoms with van der Waals surface area (Å²) in [6.07, 6.45) is 3.59. The molecule has 0 atom stereocenters. The third kappa shape index (κ3) is 3.28. The molecule has 3 aromatic rings. The van der Waals surface area contributed by atoms with Gasteiger partial charge in [-0.25, -0.2) is 13.4 Å². The molecule has 0 saturated heterocycles. The summed E-state index contributed by atoms with van der Waals surface area (Å²) in [5.41, 5.74) is 2.35. The van der Waals surface area contributed by atoms with Gasteiger partial charge >= 0.3 is 0 Å². The third-order valence-electron chi connectivity index (χ3n) is 3.89. The van der Waals surface area contributed by atoms with Gasteiger partial charge in [-0.05, 0) is 45.0 Å². The van der Waals surface area contributed by atoms with Crippen LogP contribution >= 0.6 is 0 Å². The summed E-state index contributed by atoms with van der Waals surface area (Å²) >= 11 is 0. The Hall–Kier alpha value is -2.67. The van der Waals surface area contributed by atoms with Crippen LogP contribution < -0.4 is 5.32 Å². The number of rotatable bonds is 4. The highest BCUT2D eigenvalue weighted by molar-refractivity contribution is 7.92. The van der Waals surface area contributed by atoms with Crippen LogP contribution in [-0.2, 0) is 9.84 Å². The van der Waals surface area contributed by atoms with Gasteiger partial charge in [0.15, 0.2) is 9.84 Å². The molecule has 0 aliphatic carbocycles. The number of pyridine rings is 1. The number of nitrogens with zero attached hydrogens (tertiary/aromatic N) is 2. The molecule has 6 nitrogen and oxygen atoms in total. The Bertz CT molecular complexity index is 1050. The van der Waals surface area contributed by atoms with E-state index in [1.807, 2.05) is 17.5 Å². The van der Waals surface area contributed by atoms with Crippen LogP contribution in [0.25, 0.3) is 5.65 Å². The quantitative estimate of drug-likeness (QED) is 0.778. The van der Waals surface area contributed by atoms with E-state index >= 15 is 0 Å². The summed E-state index contributed by atoms with van der Waals surface area (Å²) in [4.78, 5) is 17.0. The average Bonchev–Trinajstić information content (AvgIpc) is 2.94. The maximum absolute atomic E-state index is 12.6. The smallest absolute Gasteiger partial charge is 0.257 e. The number of hydrogen-bond acceptors (Lipinski definition) is 4. The number of sulfone groups is 1. The lowest BCUT2D eigenvalue weighted by Crippen LogP contribution is -2.20. The lowest BCUT2D eigenvalue weighted by atomic mass is 10.2. The first-order chi connectivity index (χ1) is 11.8. The second-order valence-corrected chi connectivity index (χ2v) is 8.58. The molecule has 0 radical (unpaired) electrons. The maximum atomic E-state index is 12.6. The normalized spacial score (nSPS) is 11.8. The molecule has 0 aliphatic rings. The summed E-state index contributed by atoms with van der Waals surface area (Å²) in [6.45, 7) is 5.08. The Kier molecular flexibility index (Phi) is 4.34. The number of nitrogens with one attached hydrogen (secondary N) is 1. The molecule has 0 fully saturated rings. The van der Waals surface area contributed by atoms with Crippen molar-refractivity contribution in [2.75, 3.05) is 5.32 Å². The third-order valence-corrected chi connectivity index (χ3v) is 6.10. The van der Waals surface area contributed by atoms with Crippen LogP contribution in [0.15, 0.2) is 53.7 Å². The van der Waals surface area contributed by atoms with Crippen molar-refractivity contribution in [2.24, 2.45) is 0 Å². The fourth-order valence-corrected chi connectivity index (χ4v) is 3.79.